The van der Waals surface area contributed by atoms with E-state index in [-0.39, 0.29) is 22.3 Å². The van der Waals surface area contributed by atoms with Crippen LogP contribution in [0.15, 0.2) is 81.7 Å². The smallest absolute Gasteiger partial charge is 0.338 e. The summed E-state index contributed by atoms with van der Waals surface area (Å²) in [4.78, 5) is 58.5. The predicted octanol–water partition coefficient (Wildman–Crippen LogP) is 2.73. The Balaban J connectivity index is 1.77. The average molecular weight is 514 g/mol. The second-order valence-corrected chi connectivity index (χ2v) is 9.46. The summed E-state index contributed by atoms with van der Waals surface area (Å²) in [6.45, 7) is 4.89. The summed E-state index contributed by atoms with van der Waals surface area (Å²) in [6, 6.07) is 15.6. The molecule has 1 atom stereocenters. The lowest BCUT2D eigenvalue weighted by Crippen LogP contribution is -2.40. The Bertz CT molecular complexity index is 1700. The molecule has 186 valence electrons. The Morgan fingerprint density at radius 1 is 1.08 bits per heavy atom. The number of hydrogen-bond acceptors (Lipinski definition) is 7. The predicted molar refractivity (Wildman–Crippen MR) is 140 cm³/mol. The van der Waals surface area contributed by atoms with Gasteiger partial charge in [-0.05, 0) is 25.5 Å². The van der Waals surface area contributed by atoms with Crippen molar-refractivity contribution in [3.8, 4) is 0 Å². The number of esters is 1. The highest BCUT2D eigenvalue weighted by Gasteiger charge is 2.37. The number of hydrogen-bond donors (Lipinski definition) is 0. The standard InChI is InChI=1S/C28H23N3O5S/c1-4-36-27(35)22-16(2)29-28-31(21(22)15-14-18-10-6-5-7-11-18)26(34)24(37-28)23-19-12-8-9-13-20(19)30(17(3)32)25(23)33/h5-15,21H,4H2,1-3H3/b15-14+,24-23-. The summed E-state index contributed by atoms with van der Waals surface area (Å²) >= 11 is 1.06. The molecule has 2 aromatic carbocycles. The molecular weight excluding hydrogens is 490 g/mol. The van der Waals surface area contributed by atoms with E-state index in [9.17, 15) is 19.2 Å². The number of benzene rings is 2. The van der Waals surface area contributed by atoms with E-state index >= 15 is 0 Å². The highest BCUT2D eigenvalue weighted by atomic mass is 32.1. The Kier molecular flexibility index (Phi) is 6.31. The van der Waals surface area contributed by atoms with Crippen molar-refractivity contribution in [2.75, 3.05) is 11.5 Å². The third-order valence-electron chi connectivity index (χ3n) is 6.18. The summed E-state index contributed by atoms with van der Waals surface area (Å²) < 4.78 is 6.87. The van der Waals surface area contributed by atoms with E-state index in [0.717, 1.165) is 21.8 Å². The van der Waals surface area contributed by atoms with E-state index in [1.807, 2.05) is 36.4 Å². The molecule has 0 fully saturated rings. The SMILES string of the molecule is CCOC(=O)C1=C(C)N=c2s/c(=C3\C(=O)N(C(C)=O)c4ccccc43)c(=O)n2C1/C=C/c1ccccc1. The Morgan fingerprint density at radius 3 is 2.49 bits per heavy atom. The van der Waals surface area contributed by atoms with Gasteiger partial charge in [-0.25, -0.2) is 14.7 Å². The van der Waals surface area contributed by atoms with E-state index < -0.39 is 29.4 Å². The molecule has 8 nitrogen and oxygen atoms in total. The topological polar surface area (TPSA) is 98.0 Å². The highest BCUT2D eigenvalue weighted by molar-refractivity contribution is 7.07. The van der Waals surface area contributed by atoms with Crippen molar-refractivity contribution in [2.45, 2.75) is 26.8 Å². The number of rotatable bonds is 4. The monoisotopic (exact) mass is 513 g/mol. The molecular formula is C28H23N3O5S. The molecule has 2 aliphatic rings. The third kappa shape index (κ3) is 4.07. The minimum Gasteiger partial charge on any atom is -0.463 e. The van der Waals surface area contributed by atoms with Crippen LogP contribution in [0.3, 0.4) is 0 Å². The van der Waals surface area contributed by atoms with Crippen LogP contribution in [0, 0.1) is 0 Å². The van der Waals surface area contributed by atoms with E-state index in [4.69, 9.17) is 4.74 Å². The number of imide groups is 1. The fraction of sp³-hybridized carbons (Fsp3) is 0.179. The van der Waals surface area contributed by atoms with Gasteiger partial charge in [-0.1, -0.05) is 72.0 Å². The van der Waals surface area contributed by atoms with Crippen LogP contribution < -0.4 is 19.8 Å². The van der Waals surface area contributed by atoms with Crippen molar-refractivity contribution in [2.24, 2.45) is 4.99 Å². The molecule has 5 rings (SSSR count). The maximum Gasteiger partial charge on any atom is 0.338 e. The van der Waals surface area contributed by atoms with E-state index in [1.54, 1.807) is 44.2 Å². The van der Waals surface area contributed by atoms with Crippen molar-refractivity contribution >= 4 is 46.5 Å². The lowest BCUT2D eigenvalue weighted by molar-refractivity contribution is -0.139. The third-order valence-corrected chi connectivity index (χ3v) is 7.23. The van der Waals surface area contributed by atoms with Gasteiger partial charge in [0.05, 0.1) is 35.2 Å². The van der Waals surface area contributed by atoms with Crippen LogP contribution >= 0.6 is 11.3 Å². The Hall–Kier alpha value is -4.37. The first-order valence-electron chi connectivity index (χ1n) is 11.7. The Morgan fingerprint density at radius 2 is 1.78 bits per heavy atom. The number of carbonyl (C=O) groups excluding carboxylic acids is 3. The molecule has 3 heterocycles. The van der Waals surface area contributed by atoms with Gasteiger partial charge in [-0.3, -0.25) is 19.0 Å². The maximum absolute atomic E-state index is 13.9. The molecule has 0 radical (unpaired) electrons. The number of nitrogens with zero attached hydrogens (tertiary/aromatic N) is 3. The first kappa shape index (κ1) is 24.3. The number of amides is 2. The molecule has 0 spiro atoms. The number of para-hydroxylation sites is 1. The van der Waals surface area contributed by atoms with Crippen molar-refractivity contribution in [1.29, 1.82) is 0 Å². The minimum atomic E-state index is -0.791. The molecule has 2 aliphatic heterocycles. The van der Waals surface area contributed by atoms with Gasteiger partial charge in [0.25, 0.3) is 11.5 Å². The van der Waals surface area contributed by atoms with Gasteiger partial charge in [0.15, 0.2) is 4.80 Å². The molecule has 0 saturated heterocycles. The van der Waals surface area contributed by atoms with Crippen LogP contribution in [0.2, 0.25) is 0 Å². The van der Waals surface area contributed by atoms with Gasteiger partial charge in [-0.15, -0.1) is 0 Å². The molecule has 37 heavy (non-hydrogen) atoms. The second-order valence-electron chi connectivity index (χ2n) is 8.49. The number of aromatic nitrogens is 1. The molecule has 1 aromatic heterocycles. The fourth-order valence-corrected chi connectivity index (χ4v) is 5.73. The summed E-state index contributed by atoms with van der Waals surface area (Å²) in [6.07, 6.45) is 3.59. The zero-order valence-corrected chi connectivity index (χ0v) is 21.2. The molecule has 9 heteroatoms. The minimum absolute atomic E-state index is 0.152. The van der Waals surface area contributed by atoms with Crippen LogP contribution in [0.5, 0.6) is 0 Å². The van der Waals surface area contributed by atoms with Crippen molar-refractivity contribution in [1.82, 2.24) is 4.57 Å². The lowest BCUT2D eigenvalue weighted by Gasteiger charge is -2.21. The first-order valence-corrected chi connectivity index (χ1v) is 12.5. The largest absolute Gasteiger partial charge is 0.463 e. The number of thiazole rings is 1. The van der Waals surface area contributed by atoms with Crippen LogP contribution in [-0.2, 0) is 19.1 Å². The lowest BCUT2D eigenvalue weighted by atomic mass is 10.0. The molecule has 2 amide bonds. The van der Waals surface area contributed by atoms with Crippen LogP contribution in [-0.4, -0.2) is 29.0 Å². The van der Waals surface area contributed by atoms with Gasteiger partial charge >= 0.3 is 5.97 Å². The molecule has 0 aliphatic carbocycles. The molecule has 1 unspecified atom stereocenters. The fourth-order valence-electron chi connectivity index (χ4n) is 4.58. The van der Waals surface area contributed by atoms with Gasteiger partial charge in [0, 0.05) is 12.5 Å². The highest BCUT2D eigenvalue weighted by Crippen LogP contribution is 2.35. The summed E-state index contributed by atoms with van der Waals surface area (Å²) in [5, 5.41) is 0. The quantitative estimate of drug-likeness (QED) is 0.500. The van der Waals surface area contributed by atoms with Crippen LogP contribution in [0.1, 0.15) is 37.9 Å². The van der Waals surface area contributed by atoms with Crippen LogP contribution in [0.25, 0.3) is 11.6 Å². The molecule has 3 aromatic rings. The van der Waals surface area contributed by atoms with Crippen molar-refractivity contribution in [3.63, 3.8) is 0 Å². The number of carbonyl (C=O) groups is 3. The summed E-state index contributed by atoms with van der Waals surface area (Å²) in [5.41, 5.74) is 2.20. The molecule has 0 N–H and O–H groups in total. The number of ether oxygens (including phenoxy) is 1. The second kappa shape index (κ2) is 9.59. The average Bonchev–Trinajstić information content (AvgIpc) is 3.35. The van der Waals surface area contributed by atoms with Gasteiger partial charge in [-0.2, -0.15) is 0 Å². The van der Waals surface area contributed by atoms with Gasteiger partial charge < -0.3 is 4.74 Å². The zero-order valence-electron chi connectivity index (χ0n) is 20.4. The number of anilines is 1. The molecule has 0 bridgehead atoms. The van der Waals surface area contributed by atoms with Gasteiger partial charge in [0.1, 0.15) is 4.53 Å². The first-order chi connectivity index (χ1) is 17.8. The van der Waals surface area contributed by atoms with Crippen molar-refractivity contribution < 1.29 is 19.1 Å². The van der Waals surface area contributed by atoms with E-state index in [1.165, 1.54) is 11.5 Å². The summed E-state index contributed by atoms with van der Waals surface area (Å²) in [7, 11) is 0. The molecule has 0 saturated carbocycles. The zero-order chi connectivity index (χ0) is 26.3. The number of allylic oxidation sites excluding steroid dienone is 2. The normalized spacial score (nSPS) is 18.1. The van der Waals surface area contributed by atoms with E-state index in [2.05, 4.69) is 4.99 Å². The Labute approximate surface area is 216 Å². The van der Waals surface area contributed by atoms with E-state index in [0.29, 0.717) is 21.7 Å². The van der Waals surface area contributed by atoms with Gasteiger partial charge in [0.2, 0.25) is 5.91 Å². The summed E-state index contributed by atoms with van der Waals surface area (Å²) in [5.74, 6) is -1.56. The maximum atomic E-state index is 13.9. The number of fused-ring (bicyclic) bond motifs is 2. The van der Waals surface area contributed by atoms with Crippen molar-refractivity contribution in [3.05, 3.63) is 103 Å². The van der Waals surface area contributed by atoms with Crippen LogP contribution in [0.4, 0.5) is 5.69 Å².